The van der Waals surface area contributed by atoms with Crippen LogP contribution in [0.15, 0.2) is 53.9 Å². The van der Waals surface area contributed by atoms with Crippen molar-refractivity contribution in [2.45, 2.75) is 0 Å². The first-order valence-electron chi connectivity index (χ1n) is 5.91. The quantitative estimate of drug-likeness (QED) is 0.499. The molecule has 2 amide bonds. The number of aromatic nitrogens is 1. The van der Waals surface area contributed by atoms with E-state index in [1.807, 2.05) is 0 Å². The lowest BCUT2D eigenvalue weighted by Gasteiger charge is -2.08. The van der Waals surface area contributed by atoms with E-state index < -0.39 is 11.8 Å². The number of hydrogen-bond donors (Lipinski definition) is 1. The minimum Gasteiger partial charge on any atom is -0.382 e. The molecule has 98 valence electrons. The molecule has 2 aromatic rings. The standard InChI is InChI=1S/C14H10N4O2/c15-12(9-5-7-16-8-6-9)17-18-13(19)10-3-1-2-4-11(10)14(18)20/h1-8H,(H2,15,17). The van der Waals surface area contributed by atoms with E-state index in [-0.39, 0.29) is 5.84 Å². The summed E-state index contributed by atoms with van der Waals surface area (Å²) in [6.07, 6.45) is 3.11. The van der Waals surface area contributed by atoms with Crippen molar-refractivity contribution in [3.05, 3.63) is 65.5 Å². The van der Waals surface area contributed by atoms with Crippen LogP contribution < -0.4 is 5.73 Å². The van der Waals surface area contributed by atoms with E-state index in [9.17, 15) is 9.59 Å². The molecule has 3 rings (SSSR count). The highest BCUT2D eigenvalue weighted by Crippen LogP contribution is 2.22. The van der Waals surface area contributed by atoms with Crippen LogP contribution >= 0.6 is 0 Å². The number of pyridine rings is 1. The van der Waals surface area contributed by atoms with Gasteiger partial charge in [-0.25, -0.2) is 0 Å². The summed E-state index contributed by atoms with van der Waals surface area (Å²) in [5, 5.41) is 4.72. The zero-order valence-corrected chi connectivity index (χ0v) is 10.4. The molecule has 1 aliphatic heterocycles. The van der Waals surface area contributed by atoms with Crippen LogP contribution in [0.2, 0.25) is 0 Å². The van der Waals surface area contributed by atoms with Crippen molar-refractivity contribution in [3.63, 3.8) is 0 Å². The highest BCUT2D eigenvalue weighted by Gasteiger charge is 2.35. The van der Waals surface area contributed by atoms with Crippen LogP contribution in [0.5, 0.6) is 0 Å². The Morgan fingerprint density at radius 1 is 1.00 bits per heavy atom. The minimum absolute atomic E-state index is 0.0851. The second kappa shape index (κ2) is 4.58. The van der Waals surface area contributed by atoms with E-state index in [4.69, 9.17) is 5.73 Å². The summed E-state index contributed by atoms with van der Waals surface area (Å²) >= 11 is 0. The number of hydrazone groups is 1. The number of fused-ring (bicyclic) bond motifs is 1. The van der Waals surface area contributed by atoms with Gasteiger partial charge < -0.3 is 5.73 Å². The number of nitrogens with zero attached hydrogens (tertiary/aromatic N) is 3. The van der Waals surface area contributed by atoms with Gasteiger partial charge in [0.25, 0.3) is 11.8 Å². The summed E-state index contributed by atoms with van der Waals surface area (Å²) < 4.78 is 0. The van der Waals surface area contributed by atoms with Crippen LogP contribution in [0.3, 0.4) is 0 Å². The maximum absolute atomic E-state index is 12.1. The molecule has 0 saturated carbocycles. The Morgan fingerprint density at radius 3 is 2.10 bits per heavy atom. The molecule has 0 radical (unpaired) electrons. The summed E-state index contributed by atoms with van der Waals surface area (Å²) in [5.74, 6) is -0.855. The molecule has 20 heavy (non-hydrogen) atoms. The van der Waals surface area contributed by atoms with Crippen LogP contribution in [0.4, 0.5) is 0 Å². The first-order chi connectivity index (χ1) is 9.68. The van der Waals surface area contributed by atoms with Gasteiger partial charge in [-0.05, 0) is 24.3 Å². The molecule has 1 aromatic heterocycles. The van der Waals surface area contributed by atoms with Crippen LogP contribution in [0, 0.1) is 0 Å². The molecule has 0 aliphatic carbocycles. The molecule has 0 fully saturated rings. The number of nitrogens with two attached hydrogens (primary N) is 1. The van der Waals surface area contributed by atoms with Gasteiger partial charge in [-0.15, -0.1) is 5.10 Å². The molecule has 0 bridgehead atoms. The molecule has 2 N–H and O–H groups in total. The summed E-state index contributed by atoms with van der Waals surface area (Å²) in [5.41, 5.74) is 7.08. The van der Waals surface area contributed by atoms with Gasteiger partial charge in [0.2, 0.25) is 0 Å². The van der Waals surface area contributed by atoms with E-state index in [0.29, 0.717) is 16.7 Å². The molecular weight excluding hydrogens is 256 g/mol. The third-order valence-corrected chi connectivity index (χ3v) is 2.96. The lowest BCUT2D eigenvalue weighted by atomic mass is 10.1. The fraction of sp³-hybridized carbons (Fsp3) is 0. The Morgan fingerprint density at radius 2 is 1.55 bits per heavy atom. The summed E-state index contributed by atoms with van der Waals surface area (Å²) in [7, 11) is 0. The van der Waals surface area contributed by atoms with Crippen molar-refractivity contribution < 1.29 is 9.59 Å². The Kier molecular flexibility index (Phi) is 2.76. The number of amidine groups is 1. The Bertz CT molecular complexity index is 690. The lowest BCUT2D eigenvalue weighted by molar-refractivity contribution is 0.0658. The van der Waals surface area contributed by atoms with Gasteiger partial charge >= 0.3 is 0 Å². The maximum Gasteiger partial charge on any atom is 0.282 e. The fourth-order valence-corrected chi connectivity index (χ4v) is 1.96. The second-order valence-corrected chi connectivity index (χ2v) is 4.19. The molecule has 2 heterocycles. The Balaban J connectivity index is 1.98. The molecule has 1 aliphatic rings. The fourth-order valence-electron chi connectivity index (χ4n) is 1.96. The molecule has 1 aromatic carbocycles. The first kappa shape index (κ1) is 12.0. The normalized spacial score (nSPS) is 14.6. The number of carbonyl (C=O) groups is 2. The van der Waals surface area contributed by atoms with Crippen LogP contribution in [-0.4, -0.2) is 27.6 Å². The van der Waals surface area contributed by atoms with Crippen LogP contribution in [0.1, 0.15) is 26.3 Å². The monoisotopic (exact) mass is 266 g/mol. The third kappa shape index (κ3) is 1.83. The van der Waals surface area contributed by atoms with E-state index in [2.05, 4.69) is 10.1 Å². The molecule has 0 spiro atoms. The van der Waals surface area contributed by atoms with Gasteiger partial charge in [-0.2, -0.15) is 5.01 Å². The van der Waals surface area contributed by atoms with Gasteiger partial charge in [0, 0.05) is 18.0 Å². The number of rotatable bonds is 2. The number of amides is 2. The molecule has 0 saturated heterocycles. The predicted molar refractivity (Wildman–Crippen MR) is 71.9 cm³/mol. The zero-order valence-electron chi connectivity index (χ0n) is 10.4. The van der Waals surface area contributed by atoms with Gasteiger partial charge in [-0.1, -0.05) is 12.1 Å². The average molecular weight is 266 g/mol. The van der Waals surface area contributed by atoms with Crippen molar-refractivity contribution in [2.24, 2.45) is 10.8 Å². The van der Waals surface area contributed by atoms with Crippen LogP contribution in [-0.2, 0) is 0 Å². The Hall–Kier alpha value is -3.02. The summed E-state index contributed by atoms with van der Waals surface area (Å²) in [6, 6.07) is 9.88. The van der Waals surface area contributed by atoms with Gasteiger partial charge in [-0.3, -0.25) is 14.6 Å². The summed E-state index contributed by atoms with van der Waals surface area (Å²) in [4.78, 5) is 28.1. The molecule has 6 heteroatoms. The van der Waals surface area contributed by atoms with E-state index >= 15 is 0 Å². The zero-order chi connectivity index (χ0) is 14.1. The lowest BCUT2D eigenvalue weighted by Crippen LogP contribution is -2.28. The van der Waals surface area contributed by atoms with Gasteiger partial charge in [0.15, 0.2) is 5.84 Å². The van der Waals surface area contributed by atoms with Crippen molar-refractivity contribution >= 4 is 17.6 Å². The van der Waals surface area contributed by atoms with Crippen LogP contribution in [0.25, 0.3) is 0 Å². The predicted octanol–water partition coefficient (Wildman–Crippen LogP) is 0.998. The number of benzene rings is 1. The topological polar surface area (TPSA) is 88.6 Å². The van der Waals surface area contributed by atoms with E-state index in [1.54, 1.807) is 48.8 Å². The minimum atomic E-state index is -0.470. The smallest absolute Gasteiger partial charge is 0.282 e. The summed E-state index contributed by atoms with van der Waals surface area (Å²) in [6.45, 7) is 0. The highest BCUT2D eigenvalue weighted by atomic mass is 16.2. The molecular formula is C14H10N4O2. The highest BCUT2D eigenvalue weighted by molar-refractivity contribution is 6.21. The van der Waals surface area contributed by atoms with Gasteiger partial charge in [0.1, 0.15) is 0 Å². The number of imide groups is 1. The second-order valence-electron chi connectivity index (χ2n) is 4.19. The van der Waals surface area contributed by atoms with Crippen molar-refractivity contribution in [3.8, 4) is 0 Å². The first-order valence-corrected chi connectivity index (χ1v) is 5.91. The SMILES string of the molecule is N/C(=N\N1C(=O)c2ccccc2C1=O)c1ccncc1. The number of carbonyl (C=O) groups excluding carboxylic acids is 2. The van der Waals surface area contributed by atoms with E-state index in [1.165, 1.54) is 0 Å². The van der Waals surface area contributed by atoms with E-state index in [0.717, 1.165) is 5.01 Å². The van der Waals surface area contributed by atoms with Gasteiger partial charge in [0.05, 0.1) is 11.1 Å². The van der Waals surface area contributed by atoms with Crippen molar-refractivity contribution in [1.82, 2.24) is 9.99 Å². The average Bonchev–Trinajstić information content (AvgIpc) is 2.74. The maximum atomic E-state index is 12.1. The van der Waals surface area contributed by atoms with Crippen molar-refractivity contribution in [1.29, 1.82) is 0 Å². The third-order valence-electron chi connectivity index (χ3n) is 2.96. The number of hydrogen-bond acceptors (Lipinski definition) is 4. The van der Waals surface area contributed by atoms with Crippen molar-refractivity contribution in [2.75, 3.05) is 0 Å². The molecule has 6 nitrogen and oxygen atoms in total. The molecule has 0 unspecified atom stereocenters. The molecule has 0 atom stereocenters. The Labute approximate surface area is 114 Å². The largest absolute Gasteiger partial charge is 0.382 e.